The molecule has 1 atom stereocenters. The van der Waals surface area contributed by atoms with Crippen molar-refractivity contribution in [2.24, 2.45) is 0 Å². The second-order valence-electron chi connectivity index (χ2n) is 11.8. The fraction of sp³-hybridized carbons (Fsp3) is 0.424. The molecule has 2 saturated heterocycles. The van der Waals surface area contributed by atoms with Gasteiger partial charge in [0.1, 0.15) is 0 Å². The molecule has 0 spiro atoms. The number of sulfone groups is 1. The summed E-state index contributed by atoms with van der Waals surface area (Å²) in [5, 5.41) is 12.0. The van der Waals surface area contributed by atoms with E-state index in [-0.39, 0.29) is 16.6 Å². The van der Waals surface area contributed by atoms with E-state index in [9.17, 15) is 18.3 Å². The Morgan fingerprint density at radius 2 is 1.56 bits per heavy atom. The summed E-state index contributed by atoms with van der Waals surface area (Å²) in [6.45, 7) is 3.89. The van der Waals surface area contributed by atoms with Gasteiger partial charge in [-0.05, 0) is 67.6 Å². The molecule has 5 rings (SSSR count). The number of hydrogen-bond donors (Lipinski definition) is 1. The maximum absolute atomic E-state index is 13.4. The summed E-state index contributed by atoms with van der Waals surface area (Å²) >= 11 is 12.7. The number of rotatable bonds is 10. The summed E-state index contributed by atoms with van der Waals surface area (Å²) in [5.41, 5.74) is -0.0313. The van der Waals surface area contributed by atoms with Gasteiger partial charge >= 0.3 is 0 Å². The van der Waals surface area contributed by atoms with E-state index in [0.29, 0.717) is 74.4 Å². The van der Waals surface area contributed by atoms with Crippen LogP contribution in [0.25, 0.3) is 0 Å². The van der Waals surface area contributed by atoms with Crippen LogP contribution in [0.4, 0.5) is 0 Å². The van der Waals surface area contributed by atoms with Crippen LogP contribution >= 0.6 is 23.2 Å². The Kier molecular flexibility index (Phi) is 10.2. The van der Waals surface area contributed by atoms with Crippen LogP contribution in [-0.2, 0) is 20.0 Å². The molecule has 0 aliphatic carbocycles. The zero-order valence-electron chi connectivity index (χ0n) is 24.1. The number of aliphatic hydroxyl groups is 1. The first-order chi connectivity index (χ1) is 20.6. The molecule has 1 amide bonds. The number of carbonyl (C=O) groups excluding carboxylic acids is 1. The van der Waals surface area contributed by atoms with Crippen molar-refractivity contribution in [3.05, 3.63) is 100 Å². The minimum atomic E-state index is -3.58. The van der Waals surface area contributed by atoms with E-state index < -0.39 is 20.9 Å². The van der Waals surface area contributed by atoms with Crippen molar-refractivity contribution < 1.29 is 23.1 Å². The Balaban J connectivity index is 1.19. The molecule has 0 bridgehead atoms. The van der Waals surface area contributed by atoms with Gasteiger partial charge in [0.25, 0.3) is 5.91 Å². The number of likely N-dealkylation sites (tertiary alicyclic amines) is 2. The topological polar surface area (TPSA) is 87.2 Å². The van der Waals surface area contributed by atoms with Gasteiger partial charge in [-0.2, -0.15) is 0 Å². The molecular formula is C33H38Cl2N2O5S. The normalized spacial score (nSPS) is 21.0. The molecule has 1 N–H and O–H groups in total. The lowest BCUT2D eigenvalue weighted by molar-refractivity contribution is -0.0156. The lowest BCUT2D eigenvalue weighted by Gasteiger charge is -2.43. The number of piperidine rings is 2. The van der Waals surface area contributed by atoms with E-state index in [0.717, 1.165) is 18.4 Å². The van der Waals surface area contributed by atoms with E-state index in [1.54, 1.807) is 36.4 Å². The minimum Gasteiger partial charge on any atom is -0.389 e. The monoisotopic (exact) mass is 644 g/mol. The molecule has 43 heavy (non-hydrogen) atoms. The molecule has 3 aromatic rings. The van der Waals surface area contributed by atoms with Crippen molar-refractivity contribution >= 4 is 38.9 Å². The first kappa shape index (κ1) is 31.9. The molecule has 10 heteroatoms. The van der Waals surface area contributed by atoms with E-state index >= 15 is 0 Å². The zero-order valence-corrected chi connectivity index (χ0v) is 26.5. The predicted molar refractivity (Wildman–Crippen MR) is 170 cm³/mol. The maximum Gasteiger partial charge on any atom is 0.253 e. The highest BCUT2D eigenvalue weighted by molar-refractivity contribution is 7.91. The van der Waals surface area contributed by atoms with Crippen molar-refractivity contribution in [1.29, 1.82) is 0 Å². The Morgan fingerprint density at radius 1 is 0.884 bits per heavy atom. The highest BCUT2D eigenvalue weighted by atomic mass is 35.5. The predicted octanol–water partition coefficient (Wildman–Crippen LogP) is 5.48. The van der Waals surface area contributed by atoms with Crippen molar-refractivity contribution in [2.45, 2.75) is 41.6 Å². The fourth-order valence-electron chi connectivity index (χ4n) is 6.19. The van der Waals surface area contributed by atoms with Crippen LogP contribution in [0.5, 0.6) is 0 Å². The highest BCUT2D eigenvalue weighted by Gasteiger charge is 2.40. The molecule has 230 valence electrons. The lowest BCUT2D eigenvalue weighted by Crippen LogP contribution is -2.51. The SMILES string of the molecule is O=C(c1ccccc1)N1CCCC(COCCN2CCC(O)(CS(=O)(=O)c3ccccc3)CC2)(c2ccc(Cl)c(Cl)c2)C1. The van der Waals surface area contributed by atoms with Gasteiger partial charge in [-0.3, -0.25) is 4.79 Å². The Morgan fingerprint density at radius 3 is 2.23 bits per heavy atom. The number of ether oxygens (including phenoxy) is 1. The van der Waals surface area contributed by atoms with E-state index in [1.165, 1.54) is 0 Å². The molecule has 0 saturated carbocycles. The van der Waals surface area contributed by atoms with Crippen molar-refractivity contribution in [2.75, 3.05) is 51.7 Å². The molecule has 0 aromatic heterocycles. The average molecular weight is 646 g/mol. The third-order valence-corrected chi connectivity index (χ3v) is 11.3. The number of hydrogen-bond acceptors (Lipinski definition) is 6. The van der Waals surface area contributed by atoms with Gasteiger partial charge in [0.05, 0.1) is 39.5 Å². The summed E-state index contributed by atoms with van der Waals surface area (Å²) in [6.07, 6.45) is 2.43. The van der Waals surface area contributed by atoms with Gasteiger partial charge in [-0.1, -0.05) is 65.7 Å². The molecule has 0 radical (unpaired) electrons. The lowest BCUT2D eigenvalue weighted by atomic mass is 9.74. The molecular weight excluding hydrogens is 607 g/mol. The van der Waals surface area contributed by atoms with Crippen molar-refractivity contribution in [3.8, 4) is 0 Å². The second kappa shape index (κ2) is 13.7. The maximum atomic E-state index is 13.4. The van der Waals surface area contributed by atoms with Crippen LogP contribution in [0.3, 0.4) is 0 Å². The van der Waals surface area contributed by atoms with Gasteiger partial charge in [0, 0.05) is 43.7 Å². The first-order valence-corrected chi connectivity index (χ1v) is 17.1. The number of amides is 1. The van der Waals surface area contributed by atoms with Crippen molar-refractivity contribution in [1.82, 2.24) is 9.80 Å². The number of benzene rings is 3. The van der Waals surface area contributed by atoms with E-state index in [1.807, 2.05) is 47.4 Å². The Bertz CT molecular complexity index is 1500. The van der Waals surface area contributed by atoms with E-state index in [2.05, 4.69) is 4.90 Å². The number of carbonyl (C=O) groups is 1. The van der Waals surface area contributed by atoms with Crippen LogP contribution in [0.15, 0.2) is 83.8 Å². The highest BCUT2D eigenvalue weighted by Crippen LogP contribution is 2.38. The zero-order chi connectivity index (χ0) is 30.5. The van der Waals surface area contributed by atoms with Crippen LogP contribution in [-0.4, -0.2) is 86.5 Å². The molecule has 2 aliphatic heterocycles. The molecule has 3 aromatic carbocycles. The summed E-state index contributed by atoms with van der Waals surface area (Å²) in [6, 6.07) is 23.3. The average Bonchev–Trinajstić information content (AvgIpc) is 3.02. The summed E-state index contributed by atoms with van der Waals surface area (Å²) in [4.78, 5) is 17.7. The molecule has 1 unspecified atom stereocenters. The van der Waals surface area contributed by atoms with Gasteiger partial charge in [0.2, 0.25) is 0 Å². The smallest absolute Gasteiger partial charge is 0.253 e. The van der Waals surface area contributed by atoms with Crippen molar-refractivity contribution in [3.63, 3.8) is 0 Å². The second-order valence-corrected chi connectivity index (χ2v) is 14.6. The van der Waals surface area contributed by atoms with Gasteiger partial charge in [0.15, 0.2) is 9.84 Å². The van der Waals surface area contributed by atoms with Gasteiger partial charge < -0.3 is 19.6 Å². The van der Waals surface area contributed by atoms with Gasteiger partial charge in [-0.25, -0.2) is 8.42 Å². The van der Waals surface area contributed by atoms with Gasteiger partial charge in [-0.15, -0.1) is 0 Å². The molecule has 2 aliphatic rings. The van der Waals surface area contributed by atoms with Crippen LogP contribution in [0, 0.1) is 0 Å². The number of halogens is 2. The largest absolute Gasteiger partial charge is 0.389 e. The quantitative estimate of drug-likeness (QED) is 0.294. The number of nitrogens with zero attached hydrogens (tertiary/aromatic N) is 2. The summed E-state index contributed by atoms with van der Waals surface area (Å²) in [5.74, 6) is -0.279. The standard InChI is InChI=1S/C33H38Cl2N2O5S/c34-29-13-12-27(22-30(29)35)32(14-7-17-37(23-32)31(38)26-8-3-1-4-9-26)24-42-21-20-36-18-15-33(39,16-19-36)25-43(40,41)28-10-5-2-6-11-28/h1-6,8-13,22,39H,7,14-21,23-25H2. The van der Waals surface area contributed by atoms with Crippen LogP contribution < -0.4 is 0 Å². The van der Waals surface area contributed by atoms with E-state index in [4.69, 9.17) is 27.9 Å². The minimum absolute atomic E-state index is 0.000169. The first-order valence-electron chi connectivity index (χ1n) is 14.7. The summed E-state index contributed by atoms with van der Waals surface area (Å²) in [7, 11) is -3.58. The third-order valence-electron chi connectivity index (χ3n) is 8.69. The Hall–Kier alpha value is -2.46. The summed E-state index contributed by atoms with van der Waals surface area (Å²) < 4.78 is 32.0. The third kappa shape index (κ3) is 7.80. The molecule has 2 fully saturated rings. The Labute approximate surface area is 264 Å². The molecule has 2 heterocycles. The van der Waals surface area contributed by atoms with Crippen LogP contribution in [0.2, 0.25) is 10.0 Å². The molecule has 7 nitrogen and oxygen atoms in total. The van der Waals surface area contributed by atoms with Crippen LogP contribution in [0.1, 0.15) is 41.6 Å². The fourth-order valence-corrected chi connectivity index (χ4v) is 8.23.